The Hall–Kier alpha value is -2.22. The molecule has 1 amide bonds. The fourth-order valence-electron chi connectivity index (χ4n) is 2.94. The minimum Gasteiger partial charge on any atom is -0.494 e. The number of nitrogens with zero attached hydrogens (tertiary/aromatic N) is 2. The summed E-state index contributed by atoms with van der Waals surface area (Å²) >= 11 is 0. The highest BCUT2D eigenvalue weighted by atomic mass is 32.3. The number of benzene rings is 1. The number of hydrogen-bond acceptors (Lipinski definition) is 5. The van der Waals surface area contributed by atoms with Gasteiger partial charge in [0.15, 0.2) is 0 Å². The number of anilines is 1. The molecule has 1 aromatic carbocycles. The summed E-state index contributed by atoms with van der Waals surface area (Å²) in [6.45, 7) is 0.165. The van der Waals surface area contributed by atoms with Crippen LogP contribution in [0.2, 0.25) is 0 Å². The Kier molecular flexibility index (Phi) is 3.93. The lowest BCUT2D eigenvalue weighted by atomic mass is 10.1. The molecule has 23 heavy (non-hydrogen) atoms. The van der Waals surface area contributed by atoms with E-state index in [1.54, 1.807) is 24.4 Å². The Morgan fingerprint density at radius 3 is 2.87 bits per heavy atom. The van der Waals surface area contributed by atoms with Crippen molar-refractivity contribution in [3.63, 3.8) is 0 Å². The van der Waals surface area contributed by atoms with Gasteiger partial charge in [-0.05, 0) is 24.3 Å². The van der Waals surface area contributed by atoms with Crippen molar-refractivity contribution in [3.05, 3.63) is 30.5 Å². The lowest BCUT2D eigenvalue weighted by molar-refractivity contribution is -0.117. The van der Waals surface area contributed by atoms with Crippen molar-refractivity contribution in [2.45, 2.75) is 6.42 Å². The van der Waals surface area contributed by atoms with Crippen LogP contribution in [0.5, 0.6) is 5.75 Å². The van der Waals surface area contributed by atoms with Gasteiger partial charge in [0.25, 0.3) is 0 Å². The molecule has 0 saturated carbocycles. The predicted octanol–water partition coefficient (Wildman–Crippen LogP) is 1.90. The molecule has 0 radical (unpaired) electrons. The molecular weight excluding hydrogens is 323 g/mol. The molecule has 1 saturated heterocycles. The summed E-state index contributed by atoms with van der Waals surface area (Å²) in [5, 5.41) is 0.726. The number of methoxy groups -OCH3 is 1. The van der Waals surface area contributed by atoms with Gasteiger partial charge >= 0.3 is 10.2 Å². The van der Waals surface area contributed by atoms with E-state index in [1.807, 2.05) is 6.07 Å². The van der Waals surface area contributed by atoms with E-state index in [-0.39, 0.29) is 18.9 Å². The lowest BCUT2D eigenvalue weighted by Gasteiger charge is -2.19. The van der Waals surface area contributed by atoms with Gasteiger partial charge in [-0.15, -0.1) is 3.89 Å². The Bertz CT molecular complexity index is 869. The number of hydrogen-bond donors (Lipinski definition) is 0. The van der Waals surface area contributed by atoms with Gasteiger partial charge in [-0.3, -0.25) is 9.78 Å². The molecule has 1 aliphatic rings. The Balaban J connectivity index is 1.99. The fraction of sp³-hybridized carbons (Fsp3) is 0.333. The average molecular weight is 338 g/mol. The van der Waals surface area contributed by atoms with Gasteiger partial charge < -0.3 is 9.64 Å². The quantitative estimate of drug-likeness (QED) is 0.796. The zero-order valence-electron chi connectivity index (χ0n) is 12.4. The number of carbonyl (C=O) groups excluding carboxylic acids is 1. The molecule has 1 aliphatic heterocycles. The average Bonchev–Trinajstić information content (AvgIpc) is 2.84. The van der Waals surface area contributed by atoms with E-state index < -0.39 is 21.9 Å². The van der Waals surface area contributed by atoms with Crippen molar-refractivity contribution in [2.24, 2.45) is 5.92 Å². The number of amides is 1. The van der Waals surface area contributed by atoms with Gasteiger partial charge in [0.2, 0.25) is 5.91 Å². The zero-order chi connectivity index (χ0) is 16.6. The van der Waals surface area contributed by atoms with Crippen LogP contribution in [-0.4, -0.2) is 38.7 Å². The number of ether oxygens (including phenoxy) is 1. The topological polar surface area (TPSA) is 76.6 Å². The molecule has 1 unspecified atom stereocenters. The van der Waals surface area contributed by atoms with Crippen LogP contribution < -0.4 is 9.64 Å². The molecule has 2 heterocycles. The number of halogens is 1. The summed E-state index contributed by atoms with van der Waals surface area (Å²) in [6.07, 6.45) is 1.63. The maximum absolute atomic E-state index is 12.9. The number of rotatable bonds is 4. The Labute approximate surface area is 133 Å². The molecule has 3 rings (SSSR count). The Morgan fingerprint density at radius 2 is 2.17 bits per heavy atom. The standard InChI is InChI=1S/C15H15FN2O4S/c1-22-13-5-4-12(11-3-2-6-17-15(11)13)18-8-10(7-14(18)19)9-23(16,20)21/h2-6,10H,7-9H2,1H3. The monoisotopic (exact) mass is 338 g/mol. The number of fused-ring (bicyclic) bond motifs is 1. The van der Waals surface area contributed by atoms with Gasteiger partial charge in [-0.1, -0.05) is 0 Å². The number of pyridine rings is 1. The summed E-state index contributed by atoms with van der Waals surface area (Å²) in [6, 6.07) is 6.99. The smallest absolute Gasteiger partial charge is 0.302 e. The summed E-state index contributed by atoms with van der Waals surface area (Å²) in [7, 11) is -3.07. The highest BCUT2D eigenvalue weighted by molar-refractivity contribution is 7.86. The summed E-state index contributed by atoms with van der Waals surface area (Å²) in [5.41, 5.74) is 1.24. The third kappa shape index (κ3) is 3.12. The van der Waals surface area contributed by atoms with E-state index in [9.17, 15) is 17.1 Å². The van der Waals surface area contributed by atoms with Crippen LogP contribution in [0.15, 0.2) is 30.5 Å². The molecular formula is C15H15FN2O4S. The summed E-state index contributed by atoms with van der Waals surface area (Å²) in [5.74, 6) is -0.833. The van der Waals surface area contributed by atoms with E-state index in [1.165, 1.54) is 12.0 Å². The van der Waals surface area contributed by atoms with Crippen LogP contribution in [0.1, 0.15) is 6.42 Å². The second-order valence-corrected chi connectivity index (χ2v) is 6.88. The van der Waals surface area contributed by atoms with Crippen LogP contribution in [0, 0.1) is 5.92 Å². The van der Waals surface area contributed by atoms with E-state index in [2.05, 4.69) is 4.98 Å². The fourth-order valence-corrected chi connectivity index (χ4v) is 3.73. The van der Waals surface area contributed by atoms with Gasteiger partial charge in [-0.2, -0.15) is 8.42 Å². The van der Waals surface area contributed by atoms with Crippen molar-refractivity contribution in [1.29, 1.82) is 0 Å². The third-order valence-corrected chi connectivity index (χ3v) is 4.73. The van der Waals surface area contributed by atoms with Crippen molar-refractivity contribution < 1.29 is 21.8 Å². The van der Waals surface area contributed by atoms with Crippen LogP contribution in [0.4, 0.5) is 9.57 Å². The maximum Gasteiger partial charge on any atom is 0.302 e. The van der Waals surface area contributed by atoms with Crippen molar-refractivity contribution in [3.8, 4) is 5.75 Å². The van der Waals surface area contributed by atoms with Crippen molar-refractivity contribution >= 4 is 32.7 Å². The van der Waals surface area contributed by atoms with Crippen LogP contribution in [0.3, 0.4) is 0 Å². The minimum atomic E-state index is -4.60. The number of carbonyl (C=O) groups is 1. The molecule has 1 atom stereocenters. The Morgan fingerprint density at radius 1 is 1.39 bits per heavy atom. The van der Waals surface area contributed by atoms with E-state index in [0.29, 0.717) is 17.0 Å². The first-order valence-corrected chi connectivity index (χ1v) is 8.59. The van der Waals surface area contributed by atoms with Crippen LogP contribution in [-0.2, 0) is 15.0 Å². The van der Waals surface area contributed by atoms with Gasteiger partial charge in [0.05, 0.1) is 18.6 Å². The van der Waals surface area contributed by atoms with E-state index >= 15 is 0 Å². The van der Waals surface area contributed by atoms with Gasteiger partial charge in [-0.25, -0.2) is 0 Å². The zero-order valence-corrected chi connectivity index (χ0v) is 13.2. The lowest BCUT2D eigenvalue weighted by Crippen LogP contribution is -2.25. The van der Waals surface area contributed by atoms with Crippen molar-refractivity contribution in [2.75, 3.05) is 24.3 Å². The SMILES string of the molecule is COc1ccc(N2CC(CS(=O)(=O)F)CC2=O)c2cccnc12. The summed E-state index contributed by atoms with van der Waals surface area (Å²) in [4.78, 5) is 18.0. The van der Waals surface area contributed by atoms with Crippen LogP contribution in [0.25, 0.3) is 10.9 Å². The molecule has 6 nitrogen and oxygen atoms in total. The van der Waals surface area contributed by atoms with Crippen LogP contribution >= 0.6 is 0 Å². The molecule has 0 N–H and O–H groups in total. The maximum atomic E-state index is 12.9. The van der Waals surface area contributed by atoms with Gasteiger partial charge in [0, 0.05) is 30.5 Å². The first-order chi connectivity index (χ1) is 10.9. The highest BCUT2D eigenvalue weighted by Gasteiger charge is 2.34. The molecule has 8 heteroatoms. The van der Waals surface area contributed by atoms with Crippen molar-refractivity contribution in [1.82, 2.24) is 4.98 Å². The van der Waals surface area contributed by atoms with E-state index in [4.69, 9.17) is 4.74 Å². The molecule has 0 bridgehead atoms. The van der Waals surface area contributed by atoms with Gasteiger partial charge in [0.1, 0.15) is 11.3 Å². The number of aromatic nitrogens is 1. The first-order valence-electron chi connectivity index (χ1n) is 7.03. The molecule has 0 aliphatic carbocycles. The molecule has 0 spiro atoms. The molecule has 122 valence electrons. The second kappa shape index (κ2) is 5.77. The first kappa shape index (κ1) is 15.7. The molecule has 1 fully saturated rings. The third-order valence-electron chi connectivity index (χ3n) is 3.86. The summed E-state index contributed by atoms with van der Waals surface area (Å²) < 4.78 is 39.7. The molecule has 2 aromatic rings. The predicted molar refractivity (Wildman–Crippen MR) is 83.6 cm³/mol. The highest BCUT2D eigenvalue weighted by Crippen LogP contribution is 2.35. The minimum absolute atomic E-state index is 0.0108. The molecule has 1 aromatic heterocycles. The normalized spacial score (nSPS) is 18.6. The van der Waals surface area contributed by atoms with E-state index in [0.717, 1.165) is 5.39 Å². The second-order valence-electron chi connectivity index (χ2n) is 5.47. The largest absolute Gasteiger partial charge is 0.494 e.